The number of para-hydroxylation sites is 8. The zero-order chi connectivity index (χ0) is 45.2. The number of rotatable bonds is 12. The van der Waals surface area contributed by atoms with Crippen molar-refractivity contribution in [3.05, 3.63) is 279 Å². The van der Waals surface area contributed by atoms with Gasteiger partial charge in [-0.3, -0.25) is 0 Å². The quantitative estimate of drug-likeness (QED) is 0.113. The molecule has 0 radical (unpaired) electrons. The van der Waals surface area contributed by atoms with Gasteiger partial charge in [-0.05, 0) is 155 Å². The van der Waals surface area contributed by atoms with Crippen molar-refractivity contribution in [3.8, 4) is 0 Å². The molecule has 0 aliphatic heterocycles. The Morgan fingerprint density at radius 1 is 0.176 bits per heavy atom. The van der Waals surface area contributed by atoms with E-state index in [0.29, 0.717) is 0 Å². The summed E-state index contributed by atoms with van der Waals surface area (Å²) in [5, 5.41) is 6.98. The molecule has 12 aromatic carbocycles. The molecule has 0 atom stereocenters. The molecule has 0 N–H and O–H groups in total. The average molecular weight is 871 g/mol. The van der Waals surface area contributed by atoms with Crippen molar-refractivity contribution < 1.29 is 0 Å². The minimum absolute atomic E-state index is 1.06. The fraction of sp³-hybridized carbons (Fsp3) is 0. The first-order valence-electron chi connectivity index (χ1n) is 23.2. The average Bonchev–Trinajstić information content (AvgIpc) is 3.41. The van der Waals surface area contributed by atoms with Crippen LogP contribution in [0.25, 0.3) is 32.3 Å². The highest BCUT2D eigenvalue weighted by atomic mass is 15.2. The summed E-state index contributed by atoms with van der Waals surface area (Å²) in [7, 11) is 0. The Morgan fingerprint density at radius 3 is 0.603 bits per heavy atom. The largest absolute Gasteiger partial charge is 0.310 e. The number of nitrogens with zero attached hydrogens (tertiary/aromatic N) is 4. The lowest BCUT2D eigenvalue weighted by Gasteiger charge is -2.33. The van der Waals surface area contributed by atoms with Crippen LogP contribution in [0, 0.1) is 0 Å². The molecule has 0 saturated carbocycles. The number of benzene rings is 12. The highest BCUT2D eigenvalue weighted by molar-refractivity contribution is 6.31. The summed E-state index contributed by atoms with van der Waals surface area (Å²) in [6.45, 7) is 0. The summed E-state index contributed by atoms with van der Waals surface area (Å²) in [5.41, 5.74) is 12.9. The lowest BCUT2D eigenvalue weighted by molar-refractivity contribution is 1.28. The van der Waals surface area contributed by atoms with Crippen LogP contribution in [0.4, 0.5) is 68.2 Å². The highest BCUT2D eigenvalue weighted by Crippen LogP contribution is 2.53. The van der Waals surface area contributed by atoms with Gasteiger partial charge in [-0.2, -0.15) is 0 Å². The monoisotopic (exact) mass is 870 g/mol. The van der Waals surface area contributed by atoms with E-state index >= 15 is 0 Å². The van der Waals surface area contributed by atoms with Gasteiger partial charge in [-0.1, -0.05) is 146 Å². The molecule has 0 spiro atoms. The first-order valence-corrected chi connectivity index (χ1v) is 23.2. The molecule has 0 aromatic heterocycles. The Labute approximate surface area is 397 Å². The third-order valence-electron chi connectivity index (χ3n) is 12.8. The van der Waals surface area contributed by atoms with Crippen molar-refractivity contribution in [2.45, 2.75) is 0 Å². The molecule has 4 nitrogen and oxygen atoms in total. The van der Waals surface area contributed by atoms with Crippen LogP contribution in [0.1, 0.15) is 0 Å². The Balaban J connectivity index is 1.26. The van der Waals surface area contributed by atoms with E-state index in [1.54, 1.807) is 0 Å². The molecule has 0 amide bonds. The first-order chi connectivity index (χ1) is 33.8. The van der Waals surface area contributed by atoms with Gasteiger partial charge in [0.15, 0.2) is 0 Å². The maximum absolute atomic E-state index is 2.43. The smallest absolute Gasteiger partial charge is 0.0547 e. The minimum atomic E-state index is 1.06. The summed E-state index contributed by atoms with van der Waals surface area (Å²) in [6.07, 6.45) is 0. The third-order valence-corrected chi connectivity index (χ3v) is 12.8. The second-order valence-electron chi connectivity index (χ2n) is 17.0. The Kier molecular flexibility index (Phi) is 10.5. The predicted octanol–water partition coefficient (Wildman–Crippen LogP) is 18.5. The maximum atomic E-state index is 2.43. The minimum Gasteiger partial charge on any atom is -0.310 e. The Hall–Kier alpha value is -9.12. The van der Waals surface area contributed by atoms with Gasteiger partial charge in [-0.15, -0.1) is 0 Å². The summed E-state index contributed by atoms with van der Waals surface area (Å²) in [4.78, 5) is 9.62. The molecule has 0 fully saturated rings. The Bertz CT molecular complexity index is 3190. The van der Waals surface area contributed by atoms with E-state index in [9.17, 15) is 0 Å². The number of anilines is 12. The van der Waals surface area contributed by atoms with Crippen molar-refractivity contribution in [2.75, 3.05) is 19.6 Å². The van der Waals surface area contributed by atoms with E-state index in [4.69, 9.17) is 0 Å². The second-order valence-corrected chi connectivity index (χ2v) is 17.0. The molecule has 0 aliphatic rings. The molecule has 322 valence electrons. The zero-order valence-corrected chi connectivity index (χ0v) is 37.3. The molecule has 12 rings (SSSR count). The van der Waals surface area contributed by atoms with Gasteiger partial charge < -0.3 is 19.6 Å². The van der Waals surface area contributed by atoms with Crippen LogP contribution < -0.4 is 19.6 Å². The van der Waals surface area contributed by atoms with Gasteiger partial charge >= 0.3 is 0 Å². The lowest BCUT2D eigenvalue weighted by atomic mass is 9.89. The Morgan fingerprint density at radius 2 is 0.382 bits per heavy atom. The summed E-state index contributed by atoms with van der Waals surface area (Å²) in [5.74, 6) is 0. The molecular formula is C64H46N4. The van der Waals surface area contributed by atoms with Gasteiger partial charge in [0.1, 0.15) is 0 Å². The summed E-state index contributed by atoms with van der Waals surface area (Å²) in [6, 6.07) is 100. The van der Waals surface area contributed by atoms with E-state index in [2.05, 4.69) is 299 Å². The van der Waals surface area contributed by atoms with E-state index in [1.807, 2.05) is 0 Å². The van der Waals surface area contributed by atoms with Crippen LogP contribution in [0.2, 0.25) is 0 Å². The van der Waals surface area contributed by atoms with Crippen molar-refractivity contribution in [1.82, 2.24) is 0 Å². The summed E-state index contributed by atoms with van der Waals surface area (Å²) >= 11 is 0. The van der Waals surface area contributed by atoms with Crippen molar-refractivity contribution in [2.24, 2.45) is 0 Å². The molecule has 4 heteroatoms. The van der Waals surface area contributed by atoms with E-state index in [1.165, 1.54) is 10.8 Å². The standard InChI is InChI=1S/C64H46N4/c1-9-25-49(26-10-1)65(50-27-11-2-12-28-50)57-41-47-43-62(68(55-37-21-7-22-38-55)56-39-23-8-24-40-56)60-46-58(66(51-29-13-3-14-30-51)52-31-15-4-16-32-52)42-48-44-61(59(45-57)63(47)64(48)60)67(53-33-17-5-18-34-53)54-35-19-6-20-36-54/h1-46H. The molecule has 12 aromatic rings. The van der Waals surface area contributed by atoms with Gasteiger partial charge in [0.05, 0.1) is 11.4 Å². The predicted molar refractivity (Wildman–Crippen MR) is 289 cm³/mol. The van der Waals surface area contributed by atoms with E-state index in [-0.39, 0.29) is 0 Å². The van der Waals surface area contributed by atoms with E-state index < -0.39 is 0 Å². The number of hydrogen-bond acceptors (Lipinski definition) is 4. The molecule has 0 saturated heterocycles. The van der Waals surface area contributed by atoms with Crippen LogP contribution in [0.5, 0.6) is 0 Å². The third kappa shape index (κ3) is 7.40. The van der Waals surface area contributed by atoms with Crippen LogP contribution in [-0.2, 0) is 0 Å². The van der Waals surface area contributed by atoms with Gasteiger partial charge in [-0.25, -0.2) is 0 Å². The maximum Gasteiger partial charge on any atom is 0.0547 e. The van der Waals surface area contributed by atoms with Crippen LogP contribution in [-0.4, -0.2) is 0 Å². The van der Waals surface area contributed by atoms with Crippen molar-refractivity contribution in [1.29, 1.82) is 0 Å². The van der Waals surface area contributed by atoms with Crippen molar-refractivity contribution >= 4 is 101 Å². The van der Waals surface area contributed by atoms with E-state index in [0.717, 1.165) is 89.8 Å². The lowest BCUT2D eigenvalue weighted by Crippen LogP contribution is -2.14. The normalized spacial score (nSPS) is 11.2. The first kappa shape index (κ1) is 40.4. The number of hydrogen-bond donors (Lipinski definition) is 0. The van der Waals surface area contributed by atoms with Gasteiger partial charge in [0.2, 0.25) is 0 Å². The van der Waals surface area contributed by atoms with Crippen LogP contribution in [0.15, 0.2) is 279 Å². The van der Waals surface area contributed by atoms with Crippen molar-refractivity contribution in [3.63, 3.8) is 0 Å². The van der Waals surface area contributed by atoms with Crippen LogP contribution in [0.3, 0.4) is 0 Å². The highest BCUT2D eigenvalue weighted by Gasteiger charge is 2.27. The second kappa shape index (κ2) is 17.7. The molecule has 0 aliphatic carbocycles. The molecule has 0 unspecified atom stereocenters. The molecule has 68 heavy (non-hydrogen) atoms. The molecule has 0 bridgehead atoms. The fourth-order valence-corrected chi connectivity index (χ4v) is 9.93. The van der Waals surface area contributed by atoms with Gasteiger partial charge in [0, 0.05) is 67.6 Å². The molecule has 0 heterocycles. The topological polar surface area (TPSA) is 13.0 Å². The summed E-state index contributed by atoms with van der Waals surface area (Å²) < 4.78 is 0. The molecular weight excluding hydrogens is 825 g/mol. The fourth-order valence-electron chi connectivity index (χ4n) is 9.93. The zero-order valence-electron chi connectivity index (χ0n) is 37.3. The van der Waals surface area contributed by atoms with Crippen LogP contribution >= 0.6 is 0 Å². The van der Waals surface area contributed by atoms with Gasteiger partial charge in [0.25, 0.3) is 0 Å². The SMILES string of the molecule is c1ccc(N(c2ccccc2)c2cc3cc(N(c4ccccc4)c4ccccc4)c4cc(N(c5ccccc5)c5ccccc5)cc5cc(N(c6ccccc6)c6ccccc6)c(c2)c3c54)cc1.